The van der Waals surface area contributed by atoms with Gasteiger partial charge in [0.15, 0.2) is 0 Å². The Kier molecular flexibility index (Phi) is 3.26. The number of fused-ring (bicyclic) bond motifs is 2. The van der Waals surface area contributed by atoms with E-state index in [-0.39, 0.29) is 7.92 Å². The van der Waals surface area contributed by atoms with Crippen molar-refractivity contribution in [1.29, 1.82) is 0 Å². The SMILES string of the molecule is CC1CCC2C(C)CCC1P2c1ccccc1. The summed E-state index contributed by atoms with van der Waals surface area (Å²) in [5.74, 6) is 1.93. The summed E-state index contributed by atoms with van der Waals surface area (Å²) in [7, 11) is 0.117. The van der Waals surface area contributed by atoms with Gasteiger partial charge in [0, 0.05) is 0 Å². The number of rotatable bonds is 1. The van der Waals surface area contributed by atoms with Crippen molar-refractivity contribution in [3.8, 4) is 0 Å². The van der Waals surface area contributed by atoms with Gasteiger partial charge in [-0.2, -0.15) is 0 Å². The van der Waals surface area contributed by atoms with E-state index in [2.05, 4.69) is 44.2 Å². The monoisotopic (exact) mass is 246 g/mol. The number of benzene rings is 1. The van der Waals surface area contributed by atoms with E-state index in [0.29, 0.717) is 0 Å². The predicted molar refractivity (Wildman–Crippen MR) is 77.4 cm³/mol. The Bertz CT molecular complexity index is 354. The topological polar surface area (TPSA) is 0 Å². The Balaban J connectivity index is 1.95. The van der Waals surface area contributed by atoms with E-state index in [1.54, 1.807) is 5.30 Å². The first-order valence-corrected chi connectivity index (χ1v) is 8.59. The first kappa shape index (κ1) is 11.7. The van der Waals surface area contributed by atoms with Crippen LogP contribution in [0.2, 0.25) is 0 Å². The molecule has 0 aliphatic carbocycles. The molecule has 4 unspecified atom stereocenters. The van der Waals surface area contributed by atoms with Crippen LogP contribution in [0.5, 0.6) is 0 Å². The van der Waals surface area contributed by atoms with Crippen molar-refractivity contribution in [1.82, 2.24) is 0 Å². The largest absolute Gasteiger partial charge is 0.0684 e. The van der Waals surface area contributed by atoms with Crippen molar-refractivity contribution in [2.24, 2.45) is 11.8 Å². The van der Waals surface area contributed by atoms with Gasteiger partial charge in [-0.15, -0.1) is 0 Å². The lowest BCUT2D eigenvalue weighted by Crippen LogP contribution is -2.39. The van der Waals surface area contributed by atoms with Crippen LogP contribution >= 0.6 is 7.92 Å². The van der Waals surface area contributed by atoms with E-state index in [9.17, 15) is 0 Å². The fourth-order valence-electron chi connectivity index (χ4n) is 3.88. The number of hydrogen-bond acceptors (Lipinski definition) is 0. The van der Waals surface area contributed by atoms with Crippen LogP contribution in [0, 0.1) is 11.8 Å². The van der Waals surface area contributed by atoms with Crippen LogP contribution in [0.4, 0.5) is 0 Å². The van der Waals surface area contributed by atoms with Crippen LogP contribution in [0.3, 0.4) is 0 Å². The summed E-state index contributed by atoms with van der Waals surface area (Å²) in [6.07, 6.45) is 5.93. The minimum Gasteiger partial charge on any atom is -0.0684 e. The van der Waals surface area contributed by atoms with Crippen molar-refractivity contribution in [3.05, 3.63) is 30.3 Å². The zero-order chi connectivity index (χ0) is 11.8. The Hall–Kier alpha value is -0.350. The third kappa shape index (κ3) is 2.06. The lowest BCUT2D eigenvalue weighted by atomic mass is 9.85. The average molecular weight is 246 g/mol. The third-order valence-electron chi connectivity index (χ3n) is 4.92. The summed E-state index contributed by atoms with van der Waals surface area (Å²) in [5, 5.41) is 1.68. The van der Waals surface area contributed by atoms with E-state index in [4.69, 9.17) is 0 Å². The molecule has 0 aromatic heterocycles. The van der Waals surface area contributed by atoms with Gasteiger partial charge in [0.25, 0.3) is 0 Å². The molecule has 0 amide bonds. The van der Waals surface area contributed by atoms with E-state index < -0.39 is 0 Å². The minimum absolute atomic E-state index is 0.117. The summed E-state index contributed by atoms with van der Waals surface area (Å²) < 4.78 is 0. The molecular formula is C16H23P. The van der Waals surface area contributed by atoms with Gasteiger partial charge in [-0.25, -0.2) is 0 Å². The lowest BCUT2D eigenvalue weighted by Gasteiger charge is -2.49. The summed E-state index contributed by atoms with van der Waals surface area (Å²) in [6, 6.07) is 11.4. The smallest absolute Gasteiger partial charge is 0.0141 e. The molecule has 2 fully saturated rings. The molecule has 2 aliphatic heterocycles. The molecule has 0 saturated carbocycles. The molecule has 0 radical (unpaired) electrons. The van der Waals surface area contributed by atoms with Crippen molar-refractivity contribution in [2.45, 2.75) is 50.8 Å². The van der Waals surface area contributed by atoms with Gasteiger partial charge < -0.3 is 0 Å². The molecule has 0 N–H and O–H groups in total. The Morgan fingerprint density at radius 2 is 1.35 bits per heavy atom. The standard InChI is InChI=1S/C16H23P/c1-12-8-10-16-13(2)9-11-15(12)17(16)14-6-4-3-5-7-14/h3-7,12-13,15-16H,8-11H2,1-2H3. The molecule has 1 aromatic carbocycles. The van der Waals surface area contributed by atoms with Gasteiger partial charge in [0.05, 0.1) is 0 Å². The summed E-state index contributed by atoms with van der Waals surface area (Å²) in [4.78, 5) is 0. The molecule has 2 bridgehead atoms. The Labute approximate surface area is 107 Å². The molecule has 3 rings (SSSR count). The zero-order valence-electron chi connectivity index (χ0n) is 11.0. The van der Waals surface area contributed by atoms with E-state index >= 15 is 0 Å². The molecule has 2 saturated heterocycles. The Morgan fingerprint density at radius 3 is 1.88 bits per heavy atom. The summed E-state index contributed by atoms with van der Waals surface area (Å²) in [5.41, 5.74) is 2.03. The van der Waals surface area contributed by atoms with E-state index in [1.165, 1.54) is 25.7 Å². The maximum Gasteiger partial charge on any atom is -0.0141 e. The minimum atomic E-state index is 0.117. The zero-order valence-corrected chi connectivity index (χ0v) is 11.9. The van der Waals surface area contributed by atoms with Crippen LogP contribution in [0.1, 0.15) is 39.5 Å². The van der Waals surface area contributed by atoms with Gasteiger partial charge >= 0.3 is 0 Å². The van der Waals surface area contributed by atoms with Crippen LogP contribution in [-0.4, -0.2) is 11.3 Å². The Morgan fingerprint density at radius 1 is 0.824 bits per heavy atom. The van der Waals surface area contributed by atoms with Gasteiger partial charge in [-0.05, 0) is 54.1 Å². The quantitative estimate of drug-likeness (QED) is 0.645. The second kappa shape index (κ2) is 4.73. The molecule has 1 aromatic rings. The fourth-order valence-corrected chi connectivity index (χ4v) is 7.90. The highest BCUT2D eigenvalue weighted by Crippen LogP contribution is 2.61. The highest BCUT2D eigenvalue weighted by molar-refractivity contribution is 7.67. The van der Waals surface area contributed by atoms with E-state index in [1.807, 2.05) is 0 Å². The average Bonchev–Trinajstić information content (AvgIpc) is 2.37. The van der Waals surface area contributed by atoms with Crippen LogP contribution in [-0.2, 0) is 0 Å². The van der Waals surface area contributed by atoms with Crippen LogP contribution < -0.4 is 5.30 Å². The second-order valence-electron chi connectivity index (χ2n) is 5.99. The van der Waals surface area contributed by atoms with E-state index in [0.717, 1.165) is 23.2 Å². The maximum atomic E-state index is 2.50. The first-order chi connectivity index (χ1) is 8.27. The highest BCUT2D eigenvalue weighted by Gasteiger charge is 2.43. The molecule has 0 spiro atoms. The maximum absolute atomic E-state index is 2.50. The van der Waals surface area contributed by atoms with Crippen LogP contribution in [0.15, 0.2) is 30.3 Å². The first-order valence-electron chi connectivity index (χ1n) is 7.11. The van der Waals surface area contributed by atoms with Gasteiger partial charge in [-0.3, -0.25) is 0 Å². The normalized spacial score (nSPS) is 41.2. The molecule has 17 heavy (non-hydrogen) atoms. The molecule has 0 nitrogen and oxygen atoms in total. The highest BCUT2D eigenvalue weighted by atomic mass is 31.1. The van der Waals surface area contributed by atoms with Crippen molar-refractivity contribution < 1.29 is 0 Å². The lowest BCUT2D eigenvalue weighted by molar-refractivity contribution is 0.327. The fraction of sp³-hybridized carbons (Fsp3) is 0.625. The molecule has 2 heterocycles. The number of hydrogen-bond donors (Lipinski definition) is 0. The van der Waals surface area contributed by atoms with Crippen molar-refractivity contribution >= 4 is 13.2 Å². The predicted octanol–water partition coefficient (Wildman–Crippen LogP) is 4.39. The molecule has 1 heteroatoms. The molecule has 92 valence electrons. The summed E-state index contributed by atoms with van der Waals surface area (Å²) >= 11 is 0. The van der Waals surface area contributed by atoms with Gasteiger partial charge in [0.2, 0.25) is 0 Å². The molecule has 4 atom stereocenters. The van der Waals surface area contributed by atoms with Gasteiger partial charge in [0.1, 0.15) is 0 Å². The van der Waals surface area contributed by atoms with Crippen molar-refractivity contribution in [3.63, 3.8) is 0 Å². The molecular weight excluding hydrogens is 223 g/mol. The van der Waals surface area contributed by atoms with Crippen molar-refractivity contribution in [2.75, 3.05) is 0 Å². The molecule has 2 aliphatic rings. The van der Waals surface area contributed by atoms with Crippen LogP contribution in [0.25, 0.3) is 0 Å². The summed E-state index contributed by atoms with van der Waals surface area (Å²) in [6.45, 7) is 4.99. The second-order valence-corrected chi connectivity index (χ2v) is 8.64. The van der Waals surface area contributed by atoms with Gasteiger partial charge in [-0.1, -0.05) is 52.1 Å². The third-order valence-corrected chi connectivity index (χ3v) is 8.78.